The van der Waals surface area contributed by atoms with E-state index in [4.69, 9.17) is 0 Å². The first kappa shape index (κ1) is 15.1. The van der Waals surface area contributed by atoms with Crippen LogP contribution in [-0.4, -0.2) is 27.7 Å². The van der Waals surface area contributed by atoms with E-state index in [1.807, 2.05) is 0 Å². The minimum absolute atomic E-state index is 0.152. The highest BCUT2D eigenvalue weighted by atomic mass is 16.3. The molecular weight excluding hydrogens is 252 g/mol. The lowest BCUT2D eigenvalue weighted by atomic mass is 10.00. The van der Waals surface area contributed by atoms with E-state index in [0.29, 0.717) is 6.04 Å². The number of rotatable bonds is 4. The summed E-state index contributed by atoms with van der Waals surface area (Å²) in [5.74, 6) is 0.575. The minimum atomic E-state index is -0.274. The summed E-state index contributed by atoms with van der Waals surface area (Å²) in [6.45, 7) is 9.50. The summed E-state index contributed by atoms with van der Waals surface area (Å²) in [4.78, 5) is 14.1. The molecule has 4 nitrogen and oxygen atoms in total. The van der Waals surface area contributed by atoms with Crippen LogP contribution in [0.3, 0.4) is 0 Å². The zero-order valence-corrected chi connectivity index (χ0v) is 12.8. The van der Waals surface area contributed by atoms with E-state index < -0.39 is 0 Å². The van der Waals surface area contributed by atoms with Crippen LogP contribution in [0.15, 0.2) is 17.1 Å². The molecule has 0 aliphatic carbocycles. The lowest BCUT2D eigenvalue weighted by Gasteiger charge is -2.32. The number of pyridine rings is 1. The molecule has 0 spiro atoms. The molecule has 2 atom stereocenters. The van der Waals surface area contributed by atoms with Crippen molar-refractivity contribution < 1.29 is 5.11 Å². The predicted octanol–water partition coefficient (Wildman–Crippen LogP) is 2.76. The summed E-state index contributed by atoms with van der Waals surface area (Å²) in [6.07, 6.45) is 5.10. The van der Waals surface area contributed by atoms with Crippen LogP contribution in [0.25, 0.3) is 0 Å². The van der Waals surface area contributed by atoms with E-state index in [1.165, 1.54) is 12.8 Å². The van der Waals surface area contributed by atoms with Crippen LogP contribution >= 0.6 is 0 Å². The topological polar surface area (TPSA) is 45.5 Å². The van der Waals surface area contributed by atoms with E-state index in [9.17, 15) is 9.90 Å². The van der Waals surface area contributed by atoms with Crippen LogP contribution in [0.1, 0.15) is 51.8 Å². The van der Waals surface area contributed by atoms with E-state index in [1.54, 1.807) is 12.3 Å². The molecule has 0 saturated carbocycles. The second kappa shape index (κ2) is 6.44. The standard InChI is InChI=1S/C16H26N2O2/c1-4-13(3)18-11-16(20)15(19)8-14(18)10-17-7-5-6-12(2)9-17/h8,11-13,20H,4-7,9-10H2,1-3H3. The first-order valence-electron chi connectivity index (χ1n) is 7.67. The molecule has 20 heavy (non-hydrogen) atoms. The lowest BCUT2D eigenvalue weighted by Crippen LogP contribution is -2.35. The highest BCUT2D eigenvalue weighted by Gasteiger charge is 2.19. The predicted molar refractivity (Wildman–Crippen MR) is 81.0 cm³/mol. The molecule has 1 aliphatic rings. The number of nitrogens with zero attached hydrogens (tertiary/aromatic N) is 2. The molecular formula is C16H26N2O2. The lowest BCUT2D eigenvalue weighted by molar-refractivity contribution is 0.171. The van der Waals surface area contributed by atoms with E-state index >= 15 is 0 Å². The van der Waals surface area contributed by atoms with Gasteiger partial charge in [-0.15, -0.1) is 0 Å². The third-order valence-corrected chi connectivity index (χ3v) is 4.34. The first-order chi connectivity index (χ1) is 9.51. The summed E-state index contributed by atoms with van der Waals surface area (Å²) >= 11 is 0. The highest BCUT2D eigenvalue weighted by molar-refractivity contribution is 5.21. The van der Waals surface area contributed by atoms with Gasteiger partial charge in [-0.2, -0.15) is 0 Å². The van der Waals surface area contributed by atoms with Crippen LogP contribution in [0.4, 0.5) is 0 Å². The van der Waals surface area contributed by atoms with Gasteiger partial charge in [-0.3, -0.25) is 9.69 Å². The fraction of sp³-hybridized carbons (Fsp3) is 0.688. The van der Waals surface area contributed by atoms with Crippen LogP contribution in [0, 0.1) is 5.92 Å². The van der Waals surface area contributed by atoms with Crippen molar-refractivity contribution in [1.82, 2.24) is 9.47 Å². The van der Waals surface area contributed by atoms with Gasteiger partial charge in [-0.05, 0) is 38.6 Å². The third kappa shape index (κ3) is 3.42. The van der Waals surface area contributed by atoms with Crippen molar-refractivity contribution in [2.75, 3.05) is 13.1 Å². The monoisotopic (exact) mass is 278 g/mol. The molecule has 1 aromatic heterocycles. The van der Waals surface area contributed by atoms with Crippen LogP contribution in [0.5, 0.6) is 5.75 Å². The van der Waals surface area contributed by atoms with Crippen LogP contribution in [-0.2, 0) is 6.54 Å². The summed E-state index contributed by atoms with van der Waals surface area (Å²) in [5.41, 5.74) is 0.737. The average molecular weight is 278 g/mol. The van der Waals surface area contributed by atoms with E-state index in [-0.39, 0.29) is 11.2 Å². The molecule has 1 N–H and O–H groups in total. The van der Waals surface area contributed by atoms with Gasteiger partial charge in [-0.1, -0.05) is 13.8 Å². The molecule has 0 aromatic carbocycles. The zero-order valence-electron chi connectivity index (χ0n) is 12.8. The number of piperidine rings is 1. The van der Waals surface area contributed by atoms with Gasteiger partial charge in [0.15, 0.2) is 5.75 Å². The van der Waals surface area contributed by atoms with Crippen molar-refractivity contribution in [3.63, 3.8) is 0 Å². The molecule has 1 aromatic rings. The molecule has 1 fully saturated rings. The van der Waals surface area contributed by atoms with Crippen molar-refractivity contribution >= 4 is 0 Å². The second-order valence-electron chi connectivity index (χ2n) is 6.16. The van der Waals surface area contributed by atoms with Gasteiger partial charge in [0.1, 0.15) is 0 Å². The van der Waals surface area contributed by atoms with Crippen molar-refractivity contribution in [2.24, 2.45) is 5.92 Å². The number of hydrogen-bond donors (Lipinski definition) is 1. The molecule has 4 heteroatoms. The second-order valence-corrected chi connectivity index (χ2v) is 6.16. The molecule has 2 heterocycles. The molecule has 0 amide bonds. The Morgan fingerprint density at radius 2 is 2.25 bits per heavy atom. The number of aromatic hydroxyl groups is 1. The van der Waals surface area contributed by atoms with Crippen molar-refractivity contribution in [2.45, 2.75) is 52.6 Å². The quantitative estimate of drug-likeness (QED) is 0.921. The number of aromatic nitrogens is 1. The van der Waals surface area contributed by atoms with Crippen molar-refractivity contribution in [1.29, 1.82) is 0 Å². The molecule has 0 bridgehead atoms. The van der Waals surface area contributed by atoms with Gasteiger partial charge in [0, 0.05) is 30.9 Å². The average Bonchev–Trinajstić information content (AvgIpc) is 2.42. The number of likely N-dealkylation sites (tertiary alicyclic amines) is 1. The minimum Gasteiger partial charge on any atom is -0.503 e. The maximum Gasteiger partial charge on any atom is 0.223 e. The molecule has 1 aliphatic heterocycles. The highest BCUT2D eigenvalue weighted by Crippen LogP contribution is 2.21. The fourth-order valence-corrected chi connectivity index (χ4v) is 2.97. The SMILES string of the molecule is CCC(C)n1cc(O)c(=O)cc1CN1CCCC(C)C1. The zero-order chi connectivity index (χ0) is 14.7. The Bertz CT molecular complexity index is 510. The maximum atomic E-state index is 11.7. The Morgan fingerprint density at radius 1 is 1.50 bits per heavy atom. The maximum absolute atomic E-state index is 11.7. The van der Waals surface area contributed by atoms with Gasteiger partial charge in [0.2, 0.25) is 5.43 Å². The fourth-order valence-electron chi connectivity index (χ4n) is 2.97. The Labute approximate surface area is 121 Å². The first-order valence-corrected chi connectivity index (χ1v) is 7.67. The van der Waals surface area contributed by atoms with Crippen LogP contribution in [0.2, 0.25) is 0 Å². The Hall–Kier alpha value is -1.29. The smallest absolute Gasteiger partial charge is 0.223 e. The van der Waals surface area contributed by atoms with Gasteiger partial charge in [-0.25, -0.2) is 0 Å². The molecule has 112 valence electrons. The normalized spacial score (nSPS) is 21.9. The summed E-state index contributed by atoms with van der Waals surface area (Å²) in [6, 6.07) is 1.89. The summed E-state index contributed by atoms with van der Waals surface area (Å²) in [5, 5.41) is 9.67. The summed E-state index contributed by atoms with van der Waals surface area (Å²) in [7, 11) is 0. The van der Waals surface area contributed by atoms with Gasteiger partial charge in [0.05, 0.1) is 6.20 Å². The van der Waals surface area contributed by atoms with Crippen molar-refractivity contribution in [3.8, 4) is 5.75 Å². The van der Waals surface area contributed by atoms with E-state index in [0.717, 1.165) is 37.7 Å². The summed E-state index contributed by atoms with van der Waals surface area (Å²) < 4.78 is 2.05. The molecule has 1 saturated heterocycles. The molecule has 2 rings (SSSR count). The van der Waals surface area contributed by atoms with Gasteiger partial charge < -0.3 is 9.67 Å². The molecule has 2 unspecified atom stereocenters. The van der Waals surface area contributed by atoms with E-state index in [2.05, 4.69) is 30.2 Å². The Kier molecular flexibility index (Phi) is 4.86. The van der Waals surface area contributed by atoms with Crippen molar-refractivity contribution in [3.05, 3.63) is 28.2 Å². The van der Waals surface area contributed by atoms with Gasteiger partial charge >= 0.3 is 0 Å². The van der Waals surface area contributed by atoms with Gasteiger partial charge in [0.25, 0.3) is 0 Å². The number of hydrogen-bond acceptors (Lipinski definition) is 3. The largest absolute Gasteiger partial charge is 0.503 e. The third-order valence-electron chi connectivity index (χ3n) is 4.34. The molecule has 0 radical (unpaired) electrons. The Morgan fingerprint density at radius 3 is 2.90 bits per heavy atom. The van der Waals surface area contributed by atoms with Crippen LogP contribution < -0.4 is 5.43 Å². The Balaban J connectivity index is 2.25.